The van der Waals surface area contributed by atoms with Crippen LogP contribution in [0.3, 0.4) is 0 Å². The fourth-order valence-electron chi connectivity index (χ4n) is 0.340. The number of allylic oxidation sites excluding steroid dienone is 4. The van der Waals surface area contributed by atoms with E-state index in [1.54, 1.807) is 0 Å². The average molecular weight is 484 g/mol. The van der Waals surface area contributed by atoms with Gasteiger partial charge in [0.1, 0.15) is 0 Å². The van der Waals surface area contributed by atoms with Crippen LogP contribution >= 0.6 is 0 Å². The zero-order valence-electron chi connectivity index (χ0n) is 16.1. The Morgan fingerprint density at radius 2 is 1.17 bits per heavy atom. The van der Waals surface area contributed by atoms with Gasteiger partial charge in [0, 0.05) is 0 Å². The normalized spacial score (nSPS) is 13.8. The summed E-state index contributed by atoms with van der Waals surface area (Å²) in [4.78, 5) is 0. The first kappa shape index (κ1) is 35.7. The third-order valence-electron chi connectivity index (χ3n) is 2.42. The zero-order chi connectivity index (χ0) is 19.1. The van der Waals surface area contributed by atoms with Crippen molar-refractivity contribution in [3.8, 4) is 0 Å². The van der Waals surface area contributed by atoms with Gasteiger partial charge in [-0.2, -0.15) is 6.08 Å². The van der Waals surface area contributed by atoms with E-state index in [2.05, 4.69) is 12.2 Å². The van der Waals surface area contributed by atoms with Crippen LogP contribution < -0.4 is 0 Å². The maximum absolute atomic E-state index is 9.78. The first-order chi connectivity index (χ1) is 10.7. The minimum absolute atomic E-state index is 0. The van der Waals surface area contributed by atoms with Crippen LogP contribution in [0.25, 0.3) is 17.2 Å². The molecule has 1 aliphatic rings. The molecule has 0 spiro atoms. The van der Waals surface area contributed by atoms with Gasteiger partial charge in [0.15, 0.2) is 0 Å². The largest absolute Gasteiger partial charge is 4.00 e. The standard InChI is InChI=1S/C5H5.3C4H10N.F2GeH.Zr/c1-2-4-5-3-1;3*1-3-4(2)5;1-3-2;/h1-3H,4H2;3*4-5H,3H2,1-2H3;3H;/q4*-1;;+4. The van der Waals surface area contributed by atoms with Gasteiger partial charge in [0.2, 0.25) is 0 Å². The second-order valence-corrected chi connectivity index (χ2v) is 5.36. The molecule has 0 saturated heterocycles. The Labute approximate surface area is 175 Å². The van der Waals surface area contributed by atoms with Gasteiger partial charge in [-0.1, -0.05) is 60.8 Å². The Balaban J connectivity index is -0.0000000627. The summed E-state index contributed by atoms with van der Waals surface area (Å²) in [6.45, 7) is 11.7. The topological polar surface area (TPSA) is 71.4 Å². The molecule has 1 aliphatic carbocycles. The average Bonchev–Trinajstić information content (AvgIpc) is 3.08. The fraction of sp³-hybridized carbons (Fsp3) is 0.765. The summed E-state index contributed by atoms with van der Waals surface area (Å²) >= 11 is -2.69. The summed E-state index contributed by atoms with van der Waals surface area (Å²) in [7, 11) is 0. The molecule has 0 aromatic rings. The second-order valence-electron chi connectivity index (χ2n) is 5.01. The van der Waals surface area contributed by atoms with Gasteiger partial charge in [-0.15, -0.1) is 24.5 Å². The molecule has 1 radical (unpaired) electrons. The molecular formula is C17H36F2GeN3Zr. The predicted octanol–water partition coefficient (Wildman–Crippen LogP) is 7.01. The van der Waals surface area contributed by atoms with E-state index in [9.17, 15) is 7.00 Å². The molecule has 0 aromatic carbocycles. The third-order valence-corrected chi connectivity index (χ3v) is 2.42. The van der Waals surface area contributed by atoms with Crippen molar-refractivity contribution in [2.45, 2.75) is 85.4 Å². The van der Waals surface area contributed by atoms with Crippen LogP contribution in [-0.2, 0) is 26.2 Å². The van der Waals surface area contributed by atoms with Gasteiger partial charge in [0.25, 0.3) is 0 Å². The van der Waals surface area contributed by atoms with Crippen LogP contribution in [0.5, 0.6) is 0 Å². The monoisotopic (exact) mass is 484 g/mol. The molecule has 0 bridgehead atoms. The van der Waals surface area contributed by atoms with E-state index >= 15 is 0 Å². The fourth-order valence-corrected chi connectivity index (χ4v) is 0.340. The van der Waals surface area contributed by atoms with Crippen LogP contribution in [0.4, 0.5) is 7.00 Å². The van der Waals surface area contributed by atoms with E-state index < -0.39 is 16.4 Å². The predicted molar refractivity (Wildman–Crippen MR) is 103 cm³/mol. The van der Waals surface area contributed by atoms with Gasteiger partial charge in [-0.25, -0.2) is 12.2 Å². The SMILES string of the molecule is CCC(C)[NH-].CCC(C)[NH-].CCC(C)[NH-].[C-]1=CC=CC1.[F][GeH][F].[Zr+4]. The van der Waals surface area contributed by atoms with Crippen molar-refractivity contribution >= 4 is 16.4 Å². The summed E-state index contributed by atoms with van der Waals surface area (Å²) in [5.74, 6) is 0. The van der Waals surface area contributed by atoms with Gasteiger partial charge >= 0.3 is 49.6 Å². The molecule has 0 saturated carbocycles. The first-order valence-corrected chi connectivity index (χ1v) is 9.93. The van der Waals surface area contributed by atoms with Crippen LogP contribution in [0.15, 0.2) is 18.2 Å². The summed E-state index contributed by atoms with van der Waals surface area (Å²) in [5.41, 5.74) is 20.5. The van der Waals surface area contributed by atoms with E-state index in [-0.39, 0.29) is 44.3 Å². The zero-order valence-corrected chi connectivity index (χ0v) is 21.0. The Morgan fingerprint density at radius 3 is 1.21 bits per heavy atom. The van der Waals surface area contributed by atoms with E-state index in [1.165, 1.54) is 0 Å². The molecule has 3 unspecified atom stereocenters. The van der Waals surface area contributed by atoms with Gasteiger partial charge in [-0.05, 0) is 0 Å². The number of hydrogen-bond acceptors (Lipinski definition) is 0. The molecule has 3 atom stereocenters. The molecule has 7 heteroatoms. The summed E-state index contributed by atoms with van der Waals surface area (Å²) in [5, 5.41) is 0. The maximum atomic E-state index is 9.78. The van der Waals surface area contributed by atoms with Crippen molar-refractivity contribution < 1.29 is 33.2 Å². The Kier molecular flexibility index (Phi) is 51.9. The summed E-state index contributed by atoms with van der Waals surface area (Å²) in [6.07, 6.45) is 12.9. The number of rotatable bonds is 3. The minimum Gasteiger partial charge on any atom is 4.00 e. The van der Waals surface area contributed by atoms with E-state index in [4.69, 9.17) is 17.2 Å². The molecule has 1 rings (SSSR count). The number of halogens is 2. The quantitative estimate of drug-likeness (QED) is 0.306. The van der Waals surface area contributed by atoms with E-state index in [0.717, 1.165) is 25.7 Å². The van der Waals surface area contributed by atoms with Crippen molar-refractivity contribution in [1.82, 2.24) is 0 Å². The van der Waals surface area contributed by atoms with Crippen molar-refractivity contribution in [3.05, 3.63) is 41.5 Å². The van der Waals surface area contributed by atoms with Crippen molar-refractivity contribution in [2.75, 3.05) is 0 Å². The Bertz CT molecular complexity index is 211. The Morgan fingerprint density at radius 1 is 0.917 bits per heavy atom. The van der Waals surface area contributed by atoms with Crippen LogP contribution in [0.1, 0.15) is 67.2 Å². The molecule has 24 heavy (non-hydrogen) atoms. The van der Waals surface area contributed by atoms with Crippen LogP contribution in [0, 0.1) is 6.08 Å². The van der Waals surface area contributed by atoms with E-state index in [1.807, 2.05) is 53.7 Å². The number of hydrogen-bond donors (Lipinski definition) is 0. The second kappa shape index (κ2) is 34.9. The van der Waals surface area contributed by atoms with Crippen LogP contribution in [0.2, 0.25) is 0 Å². The minimum atomic E-state index is -2.69. The smallest absolute Gasteiger partial charge is 4.00 e. The van der Waals surface area contributed by atoms with Crippen molar-refractivity contribution in [3.63, 3.8) is 0 Å². The Hall–Kier alpha value is 0.646. The maximum Gasteiger partial charge on any atom is 4.00 e. The molecule has 3 N–H and O–H groups in total. The summed E-state index contributed by atoms with van der Waals surface area (Å²) in [6, 6.07) is 0.403. The first-order valence-electron chi connectivity index (χ1n) is 8.10. The van der Waals surface area contributed by atoms with Gasteiger partial charge < -0.3 is 17.2 Å². The van der Waals surface area contributed by atoms with Crippen LogP contribution in [-0.4, -0.2) is 34.5 Å². The summed E-state index contributed by atoms with van der Waals surface area (Å²) < 4.78 is 19.6. The van der Waals surface area contributed by atoms with Gasteiger partial charge in [0.05, 0.1) is 0 Å². The van der Waals surface area contributed by atoms with Gasteiger partial charge in [-0.3, -0.25) is 6.08 Å². The van der Waals surface area contributed by atoms with Crippen molar-refractivity contribution in [2.24, 2.45) is 0 Å². The molecule has 141 valence electrons. The molecule has 0 aliphatic heterocycles. The molecule has 0 amide bonds. The molecule has 0 aromatic heterocycles. The molecule has 0 fully saturated rings. The molecular weight excluding hydrogens is 448 g/mol. The van der Waals surface area contributed by atoms with E-state index in [0.29, 0.717) is 0 Å². The molecule has 3 nitrogen and oxygen atoms in total. The number of nitrogens with one attached hydrogen (secondary N) is 3. The van der Waals surface area contributed by atoms with Crippen molar-refractivity contribution in [1.29, 1.82) is 0 Å². The third kappa shape index (κ3) is 78.2. The molecule has 0 heterocycles.